The molecule has 118 valence electrons. The van der Waals surface area contributed by atoms with Gasteiger partial charge in [0.25, 0.3) is 15.9 Å². The largest absolute Gasteiger partial charge is 0.280 e. The zero-order chi connectivity index (χ0) is 16.5. The Balaban J connectivity index is 2.36. The highest BCUT2D eigenvalue weighted by Gasteiger charge is 2.26. The molecule has 2 rings (SSSR count). The lowest BCUT2D eigenvalue weighted by Gasteiger charge is -2.13. The topological polar surface area (TPSA) is 46.2 Å². The number of benzene rings is 2. The monoisotopic (exact) mass is 343 g/mol. The maximum atomic E-state index is 13.3. The van der Waals surface area contributed by atoms with Gasteiger partial charge >= 0.3 is 0 Å². The van der Waals surface area contributed by atoms with Crippen LogP contribution in [0.15, 0.2) is 52.3 Å². The molecule has 0 spiro atoms. The van der Waals surface area contributed by atoms with Crippen LogP contribution in [0.3, 0.4) is 0 Å². The Bertz CT molecular complexity index is 799. The summed E-state index contributed by atoms with van der Waals surface area (Å²) in [5, 5.41) is 0. The van der Waals surface area contributed by atoms with Gasteiger partial charge in [-0.15, -0.1) is 12.6 Å². The molecular weight excluding hydrogens is 328 g/mol. The molecule has 0 radical (unpaired) electrons. The van der Waals surface area contributed by atoms with Crippen LogP contribution in [0.1, 0.15) is 18.1 Å². The Hall–Kier alpha value is -1.60. The van der Waals surface area contributed by atoms with E-state index in [1.807, 2.05) is 0 Å². The van der Waals surface area contributed by atoms with E-state index in [1.165, 1.54) is 18.2 Å². The van der Waals surface area contributed by atoms with Crippen molar-refractivity contribution in [3.05, 3.63) is 53.6 Å². The van der Waals surface area contributed by atoms with Crippen molar-refractivity contribution in [1.82, 2.24) is 0 Å². The van der Waals surface area contributed by atoms with E-state index in [1.54, 1.807) is 25.1 Å². The van der Waals surface area contributed by atoms with Gasteiger partial charge in [-0.1, -0.05) is 12.1 Å². The Morgan fingerprint density at radius 3 is 2.41 bits per heavy atom. The van der Waals surface area contributed by atoms with Crippen molar-refractivity contribution in [2.24, 2.45) is 0 Å². The second kappa shape index (κ2) is 5.89. The molecule has 7 heteroatoms. The number of halogens is 2. The number of hydrogen-bond donors (Lipinski definition) is 2. The Morgan fingerprint density at radius 2 is 1.82 bits per heavy atom. The fraction of sp³-hybridized carbons (Fsp3) is 0.200. The summed E-state index contributed by atoms with van der Waals surface area (Å²) in [5.41, 5.74) is 0.804. The van der Waals surface area contributed by atoms with Gasteiger partial charge < -0.3 is 0 Å². The molecule has 22 heavy (non-hydrogen) atoms. The molecule has 0 unspecified atom stereocenters. The van der Waals surface area contributed by atoms with Crippen molar-refractivity contribution >= 4 is 28.3 Å². The molecule has 0 heterocycles. The number of sulfonamides is 1. The highest BCUT2D eigenvalue weighted by atomic mass is 32.2. The van der Waals surface area contributed by atoms with E-state index < -0.39 is 15.9 Å². The number of rotatable bonds is 4. The van der Waals surface area contributed by atoms with Crippen LogP contribution in [0.2, 0.25) is 0 Å². The molecule has 0 aliphatic carbocycles. The summed E-state index contributed by atoms with van der Waals surface area (Å²) in [5.74, 6) is -3.10. The van der Waals surface area contributed by atoms with E-state index in [0.29, 0.717) is 5.69 Å². The number of aryl methyl sites for hydroxylation is 1. The van der Waals surface area contributed by atoms with E-state index >= 15 is 0 Å². The normalized spacial score (nSPS) is 12.2. The van der Waals surface area contributed by atoms with Crippen molar-refractivity contribution in [3.63, 3.8) is 0 Å². The predicted octanol–water partition coefficient (Wildman–Crippen LogP) is 4.20. The standard InChI is InChI=1S/C15H15F2NO2S2/c1-10-8-12(6-7-14(10)21)18-22(19,20)13-5-3-4-11(9-13)15(2,16)17/h3-9,18,21H,1-2H3. The summed E-state index contributed by atoms with van der Waals surface area (Å²) in [4.78, 5) is 0.523. The zero-order valence-corrected chi connectivity index (χ0v) is 13.7. The molecule has 0 bridgehead atoms. The van der Waals surface area contributed by atoms with E-state index in [-0.39, 0.29) is 10.5 Å². The van der Waals surface area contributed by atoms with E-state index in [0.717, 1.165) is 23.4 Å². The maximum absolute atomic E-state index is 13.3. The summed E-state index contributed by atoms with van der Waals surface area (Å²) < 4.78 is 53.6. The first-order valence-corrected chi connectivity index (χ1v) is 8.33. The van der Waals surface area contributed by atoms with Crippen molar-refractivity contribution in [3.8, 4) is 0 Å². The summed E-state index contributed by atoms with van der Waals surface area (Å²) in [6, 6.07) is 9.58. The van der Waals surface area contributed by atoms with E-state index in [4.69, 9.17) is 0 Å². The second-order valence-electron chi connectivity index (χ2n) is 5.02. The molecule has 0 atom stereocenters. The lowest BCUT2D eigenvalue weighted by Crippen LogP contribution is -2.15. The maximum Gasteiger partial charge on any atom is 0.270 e. The third kappa shape index (κ3) is 3.78. The zero-order valence-electron chi connectivity index (χ0n) is 12.0. The molecule has 0 aliphatic heterocycles. The summed E-state index contributed by atoms with van der Waals surface area (Å²) in [6.45, 7) is 2.51. The molecule has 0 amide bonds. The first-order valence-electron chi connectivity index (χ1n) is 6.40. The van der Waals surface area contributed by atoms with Crippen LogP contribution in [-0.4, -0.2) is 8.42 Å². The average Bonchev–Trinajstić information content (AvgIpc) is 2.42. The number of hydrogen-bond acceptors (Lipinski definition) is 3. The Labute approximate surface area is 133 Å². The molecule has 0 saturated carbocycles. The third-order valence-corrected chi connectivity index (χ3v) is 4.98. The molecule has 0 aromatic heterocycles. The van der Waals surface area contributed by atoms with Crippen LogP contribution < -0.4 is 4.72 Å². The average molecular weight is 343 g/mol. The van der Waals surface area contributed by atoms with Crippen LogP contribution in [0.25, 0.3) is 0 Å². The molecule has 1 N–H and O–H groups in total. The molecule has 0 aliphatic rings. The van der Waals surface area contributed by atoms with E-state index in [9.17, 15) is 17.2 Å². The summed E-state index contributed by atoms with van der Waals surface area (Å²) in [7, 11) is -3.93. The minimum absolute atomic E-state index is 0.209. The van der Waals surface area contributed by atoms with Crippen molar-refractivity contribution in [2.45, 2.75) is 29.6 Å². The quantitative estimate of drug-likeness (QED) is 0.818. The van der Waals surface area contributed by atoms with Gasteiger partial charge in [-0.2, -0.15) is 0 Å². The first-order chi connectivity index (χ1) is 10.1. The van der Waals surface area contributed by atoms with Gasteiger partial charge in [-0.3, -0.25) is 4.72 Å². The van der Waals surface area contributed by atoms with Crippen LogP contribution in [0, 0.1) is 6.92 Å². The SMILES string of the molecule is Cc1cc(NS(=O)(=O)c2cccc(C(C)(F)F)c2)ccc1S. The summed E-state index contributed by atoms with van der Waals surface area (Å²) in [6.07, 6.45) is 0. The highest BCUT2D eigenvalue weighted by Crippen LogP contribution is 2.29. The van der Waals surface area contributed by atoms with Crippen molar-refractivity contribution in [1.29, 1.82) is 0 Å². The fourth-order valence-corrected chi connectivity index (χ4v) is 3.10. The number of nitrogens with one attached hydrogen (secondary N) is 1. The number of thiol groups is 1. The van der Waals surface area contributed by atoms with Gasteiger partial charge in [0, 0.05) is 23.1 Å². The van der Waals surface area contributed by atoms with Gasteiger partial charge in [-0.05, 0) is 42.8 Å². The fourth-order valence-electron chi connectivity index (χ4n) is 1.87. The molecular formula is C15H15F2NO2S2. The van der Waals surface area contributed by atoms with Gasteiger partial charge in [0.05, 0.1) is 4.90 Å². The predicted molar refractivity (Wildman–Crippen MR) is 85.2 cm³/mol. The van der Waals surface area contributed by atoms with Crippen LogP contribution in [-0.2, 0) is 15.9 Å². The van der Waals surface area contributed by atoms with Crippen LogP contribution >= 0.6 is 12.6 Å². The number of anilines is 1. The van der Waals surface area contributed by atoms with Gasteiger partial charge in [0.15, 0.2) is 0 Å². The third-order valence-electron chi connectivity index (χ3n) is 3.10. The summed E-state index contributed by atoms with van der Waals surface area (Å²) >= 11 is 4.21. The highest BCUT2D eigenvalue weighted by molar-refractivity contribution is 7.92. The Kier molecular flexibility index (Phi) is 4.49. The Morgan fingerprint density at radius 1 is 1.14 bits per heavy atom. The molecule has 2 aromatic carbocycles. The molecule has 2 aromatic rings. The van der Waals surface area contributed by atoms with Gasteiger partial charge in [-0.25, -0.2) is 17.2 Å². The van der Waals surface area contributed by atoms with Crippen LogP contribution in [0.4, 0.5) is 14.5 Å². The lowest BCUT2D eigenvalue weighted by molar-refractivity contribution is 0.0172. The molecule has 0 fully saturated rings. The van der Waals surface area contributed by atoms with Crippen molar-refractivity contribution < 1.29 is 17.2 Å². The minimum atomic E-state index is -3.93. The lowest BCUT2D eigenvalue weighted by atomic mass is 10.1. The smallest absolute Gasteiger partial charge is 0.270 e. The molecule has 0 saturated heterocycles. The number of alkyl halides is 2. The van der Waals surface area contributed by atoms with Crippen molar-refractivity contribution in [2.75, 3.05) is 4.72 Å². The first kappa shape index (κ1) is 16.8. The van der Waals surface area contributed by atoms with Gasteiger partial charge in [0.2, 0.25) is 0 Å². The minimum Gasteiger partial charge on any atom is -0.280 e. The van der Waals surface area contributed by atoms with E-state index in [2.05, 4.69) is 17.4 Å². The second-order valence-corrected chi connectivity index (χ2v) is 7.19. The van der Waals surface area contributed by atoms with Crippen LogP contribution in [0.5, 0.6) is 0 Å². The van der Waals surface area contributed by atoms with Gasteiger partial charge in [0.1, 0.15) is 0 Å². The molecule has 3 nitrogen and oxygen atoms in total.